The number of carbonyl (C=O) groups is 1. The van der Waals surface area contributed by atoms with Crippen molar-refractivity contribution in [3.8, 4) is 0 Å². The molecule has 0 aromatic carbocycles. The maximum absolute atomic E-state index is 11.8. The second-order valence-corrected chi connectivity index (χ2v) is 4.06. The van der Waals surface area contributed by atoms with E-state index in [-0.39, 0.29) is 18.4 Å². The van der Waals surface area contributed by atoms with Crippen molar-refractivity contribution in [2.45, 2.75) is 25.8 Å². The van der Waals surface area contributed by atoms with E-state index in [1.165, 1.54) is 0 Å². The van der Waals surface area contributed by atoms with Crippen molar-refractivity contribution in [2.75, 3.05) is 26.7 Å². The molecule has 1 rings (SSSR count). The average Bonchev–Trinajstić information content (AvgIpc) is 2.17. The van der Waals surface area contributed by atoms with E-state index in [2.05, 4.69) is 12.2 Å². The molecule has 82 valence electrons. The monoisotopic (exact) mass is 200 g/mol. The van der Waals surface area contributed by atoms with Crippen LogP contribution in [-0.2, 0) is 4.79 Å². The van der Waals surface area contributed by atoms with Gasteiger partial charge in [0.15, 0.2) is 0 Å². The number of nitrogens with zero attached hydrogens (tertiary/aromatic N) is 1. The van der Waals surface area contributed by atoms with Gasteiger partial charge in [-0.1, -0.05) is 0 Å². The Kier molecular flexibility index (Phi) is 4.35. The molecule has 1 aliphatic rings. The number of piperidine rings is 1. The van der Waals surface area contributed by atoms with Gasteiger partial charge < -0.3 is 15.3 Å². The third kappa shape index (κ3) is 2.96. The smallest absolute Gasteiger partial charge is 0.225 e. The molecule has 1 saturated heterocycles. The molecule has 2 N–H and O–H groups in total. The molecule has 14 heavy (non-hydrogen) atoms. The molecule has 1 fully saturated rings. The molecule has 0 spiro atoms. The van der Waals surface area contributed by atoms with Gasteiger partial charge in [0.05, 0.1) is 6.61 Å². The highest BCUT2D eigenvalue weighted by molar-refractivity contribution is 5.78. The number of hydrogen-bond acceptors (Lipinski definition) is 3. The van der Waals surface area contributed by atoms with Gasteiger partial charge in [-0.2, -0.15) is 0 Å². The number of hydrogen-bond donors (Lipinski definition) is 2. The quantitative estimate of drug-likeness (QED) is 0.665. The first-order valence-corrected chi connectivity index (χ1v) is 5.24. The molecule has 0 saturated carbocycles. The molecule has 1 amide bonds. The third-order valence-electron chi connectivity index (χ3n) is 2.78. The molecule has 1 heterocycles. The minimum atomic E-state index is 0.0444. The van der Waals surface area contributed by atoms with Crippen molar-refractivity contribution < 1.29 is 9.90 Å². The lowest BCUT2D eigenvalue weighted by Gasteiger charge is -2.30. The van der Waals surface area contributed by atoms with E-state index in [4.69, 9.17) is 5.11 Å². The number of aliphatic hydroxyl groups is 1. The molecule has 0 aromatic heterocycles. The Labute approximate surface area is 85.3 Å². The van der Waals surface area contributed by atoms with Crippen molar-refractivity contribution in [1.82, 2.24) is 10.2 Å². The van der Waals surface area contributed by atoms with Gasteiger partial charge in [0.2, 0.25) is 5.91 Å². The zero-order valence-corrected chi connectivity index (χ0v) is 8.99. The van der Waals surface area contributed by atoms with E-state index >= 15 is 0 Å². The van der Waals surface area contributed by atoms with Crippen LogP contribution in [-0.4, -0.2) is 48.7 Å². The first kappa shape index (κ1) is 11.5. The van der Waals surface area contributed by atoms with E-state index in [9.17, 15) is 4.79 Å². The van der Waals surface area contributed by atoms with Crippen LogP contribution in [0.15, 0.2) is 0 Å². The Morgan fingerprint density at radius 3 is 2.93 bits per heavy atom. The van der Waals surface area contributed by atoms with Crippen molar-refractivity contribution in [1.29, 1.82) is 0 Å². The lowest BCUT2D eigenvalue weighted by Crippen LogP contribution is -2.43. The van der Waals surface area contributed by atoms with E-state index in [1.807, 2.05) is 0 Å². The summed E-state index contributed by atoms with van der Waals surface area (Å²) in [5, 5.41) is 12.0. The molecular formula is C10H20N2O2. The van der Waals surface area contributed by atoms with Gasteiger partial charge in [-0.05, 0) is 26.3 Å². The highest BCUT2D eigenvalue weighted by Crippen LogP contribution is 2.17. The van der Waals surface area contributed by atoms with E-state index in [1.54, 1.807) is 11.9 Å². The summed E-state index contributed by atoms with van der Waals surface area (Å²) in [6.45, 7) is 3.51. The number of aliphatic hydroxyl groups excluding tert-OH is 1. The fourth-order valence-electron chi connectivity index (χ4n) is 1.93. The molecule has 2 unspecified atom stereocenters. The minimum Gasteiger partial charge on any atom is -0.395 e. The Morgan fingerprint density at radius 1 is 1.64 bits per heavy atom. The molecule has 2 atom stereocenters. The largest absolute Gasteiger partial charge is 0.395 e. The zero-order valence-electron chi connectivity index (χ0n) is 8.99. The summed E-state index contributed by atoms with van der Waals surface area (Å²) in [4.78, 5) is 13.4. The normalized spacial score (nSPS) is 27.4. The summed E-state index contributed by atoms with van der Waals surface area (Å²) >= 11 is 0. The maximum atomic E-state index is 11.8. The molecular weight excluding hydrogens is 180 g/mol. The van der Waals surface area contributed by atoms with E-state index in [0.717, 1.165) is 19.4 Å². The second-order valence-electron chi connectivity index (χ2n) is 4.06. The fraction of sp³-hybridized carbons (Fsp3) is 0.900. The van der Waals surface area contributed by atoms with Gasteiger partial charge in [-0.25, -0.2) is 0 Å². The first-order chi connectivity index (χ1) is 6.65. The maximum Gasteiger partial charge on any atom is 0.225 e. The summed E-state index contributed by atoms with van der Waals surface area (Å²) in [7, 11) is 1.76. The van der Waals surface area contributed by atoms with Crippen LogP contribution in [0.4, 0.5) is 0 Å². The van der Waals surface area contributed by atoms with Gasteiger partial charge in [-0.15, -0.1) is 0 Å². The second kappa shape index (κ2) is 5.32. The van der Waals surface area contributed by atoms with Gasteiger partial charge in [0, 0.05) is 25.6 Å². The van der Waals surface area contributed by atoms with Gasteiger partial charge in [0.1, 0.15) is 0 Å². The number of carbonyl (C=O) groups excluding carboxylic acids is 1. The molecule has 0 bridgehead atoms. The summed E-state index contributed by atoms with van der Waals surface area (Å²) in [6.07, 6.45) is 1.83. The van der Waals surface area contributed by atoms with Gasteiger partial charge >= 0.3 is 0 Å². The lowest BCUT2D eigenvalue weighted by molar-refractivity contribution is -0.135. The van der Waals surface area contributed by atoms with Crippen molar-refractivity contribution in [2.24, 2.45) is 5.92 Å². The fourth-order valence-corrected chi connectivity index (χ4v) is 1.93. The van der Waals surface area contributed by atoms with Crippen LogP contribution in [0.25, 0.3) is 0 Å². The number of nitrogens with one attached hydrogen (secondary N) is 1. The summed E-state index contributed by atoms with van der Waals surface area (Å²) in [5.74, 6) is 0.315. The number of amides is 1. The van der Waals surface area contributed by atoms with Crippen LogP contribution >= 0.6 is 0 Å². The van der Waals surface area contributed by atoms with Crippen LogP contribution in [0, 0.1) is 5.92 Å². The standard InChI is InChI=1S/C10H20N2O2/c1-8-7-9(3-4-11-8)10(14)12(2)5-6-13/h8-9,11,13H,3-7H2,1-2H3. The van der Waals surface area contributed by atoms with Crippen LogP contribution in [0.2, 0.25) is 0 Å². The van der Waals surface area contributed by atoms with Crippen molar-refractivity contribution >= 4 is 5.91 Å². The van der Waals surface area contributed by atoms with Gasteiger partial charge in [0.25, 0.3) is 0 Å². The molecule has 0 aromatic rings. The van der Waals surface area contributed by atoms with Gasteiger partial charge in [-0.3, -0.25) is 4.79 Å². The molecule has 0 aliphatic carbocycles. The topological polar surface area (TPSA) is 52.6 Å². The summed E-state index contributed by atoms with van der Waals surface area (Å²) in [5.41, 5.74) is 0. The number of likely N-dealkylation sites (N-methyl/N-ethyl adjacent to an activating group) is 1. The Balaban J connectivity index is 2.42. The SMILES string of the molecule is CC1CC(C(=O)N(C)CCO)CCN1. The van der Waals surface area contributed by atoms with Crippen molar-refractivity contribution in [3.05, 3.63) is 0 Å². The van der Waals surface area contributed by atoms with Crippen LogP contribution < -0.4 is 5.32 Å². The zero-order chi connectivity index (χ0) is 10.6. The summed E-state index contributed by atoms with van der Waals surface area (Å²) in [6, 6.07) is 0.431. The van der Waals surface area contributed by atoms with Crippen molar-refractivity contribution in [3.63, 3.8) is 0 Å². The van der Waals surface area contributed by atoms with Crippen LogP contribution in [0.3, 0.4) is 0 Å². The lowest BCUT2D eigenvalue weighted by atomic mass is 9.92. The molecule has 4 nitrogen and oxygen atoms in total. The van der Waals surface area contributed by atoms with E-state index in [0.29, 0.717) is 12.6 Å². The highest BCUT2D eigenvalue weighted by Gasteiger charge is 2.26. The molecule has 4 heteroatoms. The van der Waals surface area contributed by atoms with Crippen LogP contribution in [0.5, 0.6) is 0 Å². The molecule has 0 radical (unpaired) electrons. The predicted molar refractivity (Wildman–Crippen MR) is 54.9 cm³/mol. The molecule has 1 aliphatic heterocycles. The first-order valence-electron chi connectivity index (χ1n) is 5.24. The summed E-state index contributed by atoms with van der Waals surface area (Å²) < 4.78 is 0. The Bertz CT molecular complexity index is 197. The Hall–Kier alpha value is -0.610. The highest BCUT2D eigenvalue weighted by atomic mass is 16.3. The van der Waals surface area contributed by atoms with Crippen LogP contribution in [0.1, 0.15) is 19.8 Å². The minimum absolute atomic E-state index is 0.0444. The third-order valence-corrected chi connectivity index (χ3v) is 2.78. The average molecular weight is 200 g/mol. The number of rotatable bonds is 3. The predicted octanol–water partition coefficient (Wildman–Crippen LogP) is -0.175. The van der Waals surface area contributed by atoms with E-state index < -0.39 is 0 Å². The Morgan fingerprint density at radius 2 is 2.36 bits per heavy atom.